The predicted molar refractivity (Wildman–Crippen MR) is 57.6 cm³/mol. The Kier molecular flexibility index (Phi) is 4.24. The predicted octanol–water partition coefficient (Wildman–Crippen LogP) is -0.775. The number of aromatic nitrogens is 1. The van der Waals surface area contributed by atoms with E-state index in [1.165, 1.54) is 26.3 Å². The lowest BCUT2D eigenvalue weighted by Gasteiger charge is -2.15. The lowest BCUT2D eigenvalue weighted by Crippen LogP contribution is -2.41. The Morgan fingerprint density at radius 2 is 2.18 bits per heavy atom. The standard InChI is InChI=1S/C10H14N2O5/c1-5(10(15)16)12-9(14)7-8(13)6(17-2)3-4-11-7/h3-5,10,13,15-16H,1-2H3,(H,12,14)/t5-/m0/s1. The van der Waals surface area contributed by atoms with Gasteiger partial charge in [0, 0.05) is 12.3 Å². The van der Waals surface area contributed by atoms with Crippen LogP contribution < -0.4 is 10.1 Å². The molecule has 0 spiro atoms. The molecule has 0 saturated heterocycles. The van der Waals surface area contributed by atoms with Crippen molar-refractivity contribution in [1.29, 1.82) is 0 Å². The van der Waals surface area contributed by atoms with Gasteiger partial charge in [0.1, 0.15) is 0 Å². The molecule has 0 radical (unpaired) electrons. The van der Waals surface area contributed by atoms with Crippen molar-refractivity contribution < 1.29 is 24.9 Å². The first kappa shape index (κ1) is 13.2. The van der Waals surface area contributed by atoms with Gasteiger partial charge in [-0.3, -0.25) is 4.79 Å². The first-order valence-corrected chi connectivity index (χ1v) is 4.86. The maximum absolute atomic E-state index is 11.6. The number of methoxy groups -OCH3 is 1. The molecule has 0 aliphatic rings. The van der Waals surface area contributed by atoms with Crippen LogP contribution in [0, 0.1) is 0 Å². The molecule has 94 valence electrons. The van der Waals surface area contributed by atoms with Crippen LogP contribution in [0.2, 0.25) is 0 Å². The van der Waals surface area contributed by atoms with Gasteiger partial charge < -0.3 is 25.4 Å². The fraction of sp³-hybridized carbons (Fsp3) is 0.400. The number of hydrogen-bond donors (Lipinski definition) is 4. The molecule has 1 amide bonds. The van der Waals surface area contributed by atoms with Gasteiger partial charge in [-0.25, -0.2) is 4.98 Å². The first-order chi connectivity index (χ1) is 7.97. The topological polar surface area (TPSA) is 112 Å². The molecule has 7 nitrogen and oxygen atoms in total. The summed E-state index contributed by atoms with van der Waals surface area (Å²) in [4.78, 5) is 15.3. The third-order valence-corrected chi connectivity index (χ3v) is 2.13. The largest absolute Gasteiger partial charge is 0.503 e. The van der Waals surface area contributed by atoms with Crippen LogP contribution in [0.25, 0.3) is 0 Å². The van der Waals surface area contributed by atoms with Gasteiger partial charge in [0.2, 0.25) is 0 Å². The number of aliphatic hydroxyl groups is 2. The summed E-state index contributed by atoms with van der Waals surface area (Å²) in [7, 11) is 1.34. The summed E-state index contributed by atoms with van der Waals surface area (Å²) >= 11 is 0. The number of aromatic hydroxyl groups is 1. The van der Waals surface area contributed by atoms with Crippen molar-refractivity contribution in [2.75, 3.05) is 7.11 Å². The molecule has 7 heteroatoms. The number of carbonyl (C=O) groups is 1. The Hall–Kier alpha value is -1.86. The van der Waals surface area contributed by atoms with Gasteiger partial charge in [0.25, 0.3) is 5.91 Å². The van der Waals surface area contributed by atoms with E-state index in [0.29, 0.717) is 0 Å². The molecule has 1 aromatic heterocycles. The quantitative estimate of drug-likeness (QED) is 0.515. The maximum atomic E-state index is 11.6. The van der Waals surface area contributed by atoms with Crippen LogP contribution in [-0.2, 0) is 0 Å². The minimum absolute atomic E-state index is 0.113. The number of ether oxygens (including phenoxy) is 1. The van der Waals surface area contributed by atoms with E-state index >= 15 is 0 Å². The Bertz CT molecular complexity index is 408. The van der Waals surface area contributed by atoms with Crippen LogP contribution in [0.4, 0.5) is 0 Å². The van der Waals surface area contributed by atoms with Crippen LogP contribution in [0.1, 0.15) is 17.4 Å². The first-order valence-electron chi connectivity index (χ1n) is 4.86. The second-order valence-corrected chi connectivity index (χ2v) is 3.39. The Morgan fingerprint density at radius 3 is 2.71 bits per heavy atom. The summed E-state index contributed by atoms with van der Waals surface area (Å²) in [5.74, 6) is -1.00. The second-order valence-electron chi connectivity index (χ2n) is 3.39. The van der Waals surface area contributed by atoms with Crippen molar-refractivity contribution in [3.8, 4) is 11.5 Å². The minimum atomic E-state index is -1.69. The Balaban J connectivity index is 2.89. The number of aliphatic hydroxyl groups excluding tert-OH is 1. The van der Waals surface area contributed by atoms with E-state index in [2.05, 4.69) is 10.3 Å². The maximum Gasteiger partial charge on any atom is 0.274 e. The molecule has 1 rings (SSSR count). The molecular formula is C10H14N2O5. The summed E-state index contributed by atoms with van der Waals surface area (Å²) in [6.45, 7) is 1.40. The highest BCUT2D eigenvalue weighted by Gasteiger charge is 2.20. The minimum Gasteiger partial charge on any atom is -0.503 e. The summed E-state index contributed by atoms with van der Waals surface area (Å²) in [6.07, 6.45) is -0.389. The molecule has 0 fully saturated rings. The number of amides is 1. The molecular weight excluding hydrogens is 228 g/mol. The summed E-state index contributed by atoms with van der Waals surface area (Å²) in [5.41, 5.74) is -0.239. The lowest BCUT2D eigenvalue weighted by molar-refractivity contribution is -0.0606. The van der Waals surface area contributed by atoms with Gasteiger partial charge in [-0.2, -0.15) is 0 Å². The molecule has 4 N–H and O–H groups in total. The SMILES string of the molecule is COc1ccnc(C(=O)N[C@@H](C)C(O)O)c1O. The fourth-order valence-corrected chi connectivity index (χ4v) is 1.12. The van der Waals surface area contributed by atoms with Crippen molar-refractivity contribution in [3.05, 3.63) is 18.0 Å². The van der Waals surface area contributed by atoms with Gasteiger partial charge in [-0.05, 0) is 6.92 Å². The third kappa shape index (κ3) is 3.05. The third-order valence-electron chi connectivity index (χ3n) is 2.13. The number of hydrogen-bond acceptors (Lipinski definition) is 6. The fourth-order valence-electron chi connectivity index (χ4n) is 1.12. The van der Waals surface area contributed by atoms with Crippen LogP contribution in [0.15, 0.2) is 12.3 Å². The summed E-state index contributed by atoms with van der Waals surface area (Å²) in [5, 5.41) is 29.5. The van der Waals surface area contributed by atoms with Crippen LogP contribution in [-0.4, -0.2) is 45.7 Å². The molecule has 0 bridgehead atoms. The average molecular weight is 242 g/mol. The summed E-state index contributed by atoms with van der Waals surface area (Å²) < 4.78 is 4.82. The second kappa shape index (κ2) is 5.46. The van der Waals surface area contributed by atoms with Crippen molar-refractivity contribution in [1.82, 2.24) is 10.3 Å². The number of carbonyl (C=O) groups excluding carboxylic acids is 1. The molecule has 1 heterocycles. The van der Waals surface area contributed by atoms with E-state index in [1.54, 1.807) is 0 Å². The molecule has 1 aromatic rings. The van der Waals surface area contributed by atoms with E-state index in [-0.39, 0.29) is 11.4 Å². The normalized spacial score (nSPS) is 12.3. The Labute approximate surface area is 97.7 Å². The van der Waals surface area contributed by atoms with Gasteiger partial charge in [-0.15, -0.1) is 0 Å². The van der Waals surface area contributed by atoms with E-state index in [0.717, 1.165) is 0 Å². The Morgan fingerprint density at radius 1 is 1.53 bits per heavy atom. The van der Waals surface area contributed by atoms with Crippen molar-refractivity contribution >= 4 is 5.91 Å². The van der Waals surface area contributed by atoms with Gasteiger partial charge in [0.05, 0.1) is 13.2 Å². The van der Waals surface area contributed by atoms with E-state index in [9.17, 15) is 9.90 Å². The zero-order chi connectivity index (χ0) is 13.0. The van der Waals surface area contributed by atoms with Gasteiger partial charge in [-0.1, -0.05) is 0 Å². The number of nitrogens with one attached hydrogen (secondary N) is 1. The highest BCUT2D eigenvalue weighted by molar-refractivity contribution is 5.95. The van der Waals surface area contributed by atoms with E-state index < -0.39 is 24.0 Å². The molecule has 0 saturated carbocycles. The van der Waals surface area contributed by atoms with Crippen molar-refractivity contribution in [2.24, 2.45) is 0 Å². The number of pyridine rings is 1. The zero-order valence-electron chi connectivity index (χ0n) is 9.41. The highest BCUT2D eigenvalue weighted by atomic mass is 16.5. The van der Waals surface area contributed by atoms with Crippen LogP contribution in [0.5, 0.6) is 11.5 Å². The van der Waals surface area contributed by atoms with Crippen LogP contribution >= 0.6 is 0 Å². The van der Waals surface area contributed by atoms with Crippen molar-refractivity contribution in [3.63, 3.8) is 0 Å². The molecule has 0 aromatic carbocycles. The highest BCUT2D eigenvalue weighted by Crippen LogP contribution is 2.27. The molecule has 1 atom stereocenters. The monoisotopic (exact) mass is 242 g/mol. The lowest BCUT2D eigenvalue weighted by atomic mass is 10.2. The van der Waals surface area contributed by atoms with Gasteiger partial charge >= 0.3 is 0 Å². The molecule has 0 unspecified atom stereocenters. The smallest absolute Gasteiger partial charge is 0.274 e. The van der Waals surface area contributed by atoms with Crippen molar-refractivity contribution in [2.45, 2.75) is 19.3 Å². The average Bonchev–Trinajstić information content (AvgIpc) is 2.28. The molecule has 17 heavy (non-hydrogen) atoms. The number of nitrogens with zero attached hydrogens (tertiary/aromatic N) is 1. The number of rotatable bonds is 4. The van der Waals surface area contributed by atoms with Gasteiger partial charge in [0.15, 0.2) is 23.5 Å². The van der Waals surface area contributed by atoms with E-state index in [4.69, 9.17) is 14.9 Å². The molecule has 0 aliphatic heterocycles. The summed E-state index contributed by atoms with van der Waals surface area (Å²) in [6, 6.07) is 0.520. The molecule has 0 aliphatic carbocycles. The zero-order valence-corrected chi connectivity index (χ0v) is 9.41. The van der Waals surface area contributed by atoms with E-state index in [1.807, 2.05) is 0 Å². The van der Waals surface area contributed by atoms with Crippen LogP contribution in [0.3, 0.4) is 0 Å².